The Bertz CT molecular complexity index is 251. The van der Waals surface area contributed by atoms with E-state index in [0.717, 1.165) is 18.4 Å². The number of nitrogens with one attached hydrogen (secondary N) is 1. The Labute approximate surface area is 70.8 Å². The molecule has 1 aromatic rings. The smallest absolute Gasteiger partial charge is 0.0558 e. The number of aliphatic hydroxyl groups excluding tert-OH is 1. The first-order valence-electron chi connectivity index (χ1n) is 4.14. The molecule has 0 spiro atoms. The highest BCUT2D eigenvalue weighted by atomic mass is 16.3. The van der Waals surface area contributed by atoms with Gasteiger partial charge < -0.3 is 10.8 Å². The third-order valence-corrected chi connectivity index (χ3v) is 2.75. The van der Waals surface area contributed by atoms with Gasteiger partial charge in [-0.15, -0.1) is 0 Å². The molecule has 0 atom stereocenters. The minimum absolute atomic E-state index is 0.00752. The van der Waals surface area contributed by atoms with Crippen molar-refractivity contribution in [1.29, 1.82) is 0 Å². The number of nitrogens with zero attached hydrogens (tertiary/aromatic N) is 1. The monoisotopic (exact) mass is 167 g/mol. The second-order valence-electron chi connectivity index (χ2n) is 3.53. The Morgan fingerprint density at radius 1 is 1.75 bits per heavy atom. The summed E-state index contributed by atoms with van der Waals surface area (Å²) in [6.45, 7) is 0.587. The van der Waals surface area contributed by atoms with E-state index >= 15 is 0 Å². The second-order valence-corrected chi connectivity index (χ2v) is 3.53. The van der Waals surface area contributed by atoms with Gasteiger partial charge in [0.15, 0.2) is 0 Å². The zero-order valence-corrected chi connectivity index (χ0v) is 6.83. The molecule has 2 rings (SSSR count). The number of hydrogen-bond donors (Lipinski definition) is 3. The standard InChI is InChI=1S/C8H13N3O/c9-5-8(1-7(12)2-8)6-3-10-11-4-6/h3-4,7,12H,1-2,5,9H2,(H,10,11). The first-order chi connectivity index (χ1) is 5.77. The molecule has 4 N–H and O–H groups in total. The summed E-state index contributed by atoms with van der Waals surface area (Å²) in [6.07, 6.45) is 5.01. The average Bonchev–Trinajstić information content (AvgIpc) is 2.50. The van der Waals surface area contributed by atoms with Crippen molar-refractivity contribution in [3.63, 3.8) is 0 Å². The number of H-pyrrole nitrogens is 1. The van der Waals surface area contributed by atoms with Crippen LogP contribution in [0.5, 0.6) is 0 Å². The van der Waals surface area contributed by atoms with Crippen LogP contribution in [0.1, 0.15) is 18.4 Å². The third kappa shape index (κ3) is 0.956. The van der Waals surface area contributed by atoms with E-state index in [1.165, 1.54) is 0 Å². The maximum absolute atomic E-state index is 9.23. The molecule has 0 aromatic carbocycles. The van der Waals surface area contributed by atoms with Gasteiger partial charge >= 0.3 is 0 Å². The highest BCUT2D eigenvalue weighted by Gasteiger charge is 2.44. The van der Waals surface area contributed by atoms with Crippen LogP contribution in [0.25, 0.3) is 0 Å². The minimum atomic E-state index is -0.177. The van der Waals surface area contributed by atoms with Crippen LogP contribution in [0.2, 0.25) is 0 Å². The fourth-order valence-corrected chi connectivity index (χ4v) is 1.90. The van der Waals surface area contributed by atoms with Gasteiger partial charge in [-0.25, -0.2) is 0 Å². The molecule has 0 saturated heterocycles. The van der Waals surface area contributed by atoms with Crippen LogP contribution < -0.4 is 5.73 Å². The molecule has 0 unspecified atom stereocenters. The van der Waals surface area contributed by atoms with E-state index in [0.29, 0.717) is 6.54 Å². The summed E-state index contributed by atoms with van der Waals surface area (Å²) in [5.41, 5.74) is 6.78. The van der Waals surface area contributed by atoms with Crippen LogP contribution >= 0.6 is 0 Å². The molecule has 66 valence electrons. The first kappa shape index (κ1) is 7.76. The van der Waals surface area contributed by atoms with Gasteiger partial charge in [0, 0.05) is 18.2 Å². The lowest BCUT2D eigenvalue weighted by molar-refractivity contribution is 0.0222. The predicted octanol–water partition coefficient (Wildman–Crippen LogP) is -0.239. The fourth-order valence-electron chi connectivity index (χ4n) is 1.90. The van der Waals surface area contributed by atoms with Gasteiger partial charge in [-0.05, 0) is 18.4 Å². The van der Waals surface area contributed by atoms with Crippen molar-refractivity contribution in [3.8, 4) is 0 Å². The molecule has 1 aliphatic carbocycles. The van der Waals surface area contributed by atoms with E-state index in [9.17, 15) is 5.11 Å². The van der Waals surface area contributed by atoms with Crippen LogP contribution in [-0.2, 0) is 5.41 Å². The van der Waals surface area contributed by atoms with Crippen LogP contribution in [0.15, 0.2) is 12.4 Å². The summed E-state index contributed by atoms with van der Waals surface area (Å²) in [5.74, 6) is 0. The SMILES string of the molecule is NCC1(c2cn[nH]c2)CC(O)C1. The quantitative estimate of drug-likeness (QED) is 0.569. The number of rotatable bonds is 2. The van der Waals surface area contributed by atoms with E-state index in [4.69, 9.17) is 5.73 Å². The topological polar surface area (TPSA) is 74.9 Å². The zero-order chi connectivity index (χ0) is 8.60. The Hall–Kier alpha value is -0.870. The van der Waals surface area contributed by atoms with Gasteiger partial charge in [0.2, 0.25) is 0 Å². The molecule has 4 heteroatoms. The Balaban J connectivity index is 2.20. The summed E-state index contributed by atoms with van der Waals surface area (Å²) in [6, 6.07) is 0. The molecule has 12 heavy (non-hydrogen) atoms. The van der Waals surface area contributed by atoms with Crippen molar-refractivity contribution in [1.82, 2.24) is 10.2 Å². The molecular formula is C8H13N3O. The van der Waals surface area contributed by atoms with E-state index in [1.807, 2.05) is 6.20 Å². The molecule has 0 amide bonds. The number of aromatic nitrogens is 2. The molecule has 0 bridgehead atoms. The van der Waals surface area contributed by atoms with Crippen LogP contribution in [0, 0.1) is 0 Å². The van der Waals surface area contributed by atoms with Gasteiger partial charge in [-0.2, -0.15) is 5.10 Å². The molecule has 0 aliphatic heterocycles. The van der Waals surface area contributed by atoms with Gasteiger partial charge in [0.1, 0.15) is 0 Å². The maximum Gasteiger partial charge on any atom is 0.0558 e. The molecule has 1 aliphatic rings. The van der Waals surface area contributed by atoms with Crippen molar-refractivity contribution in [2.75, 3.05) is 6.54 Å². The van der Waals surface area contributed by atoms with Crippen molar-refractivity contribution in [2.24, 2.45) is 5.73 Å². The average molecular weight is 167 g/mol. The molecule has 0 radical (unpaired) electrons. The summed E-state index contributed by atoms with van der Waals surface area (Å²) < 4.78 is 0. The maximum atomic E-state index is 9.23. The molecule has 1 fully saturated rings. The summed E-state index contributed by atoms with van der Waals surface area (Å²) in [4.78, 5) is 0. The lowest BCUT2D eigenvalue weighted by atomic mass is 9.63. The summed E-state index contributed by atoms with van der Waals surface area (Å²) >= 11 is 0. The van der Waals surface area contributed by atoms with Gasteiger partial charge in [-0.3, -0.25) is 5.10 Å². The lowest BCUT2D eigenvalue weighted by Gasteiger charge is -2.44. The van der Waals surface area contributed by atoms with Gasteiger partial charge in [-0.1, -0.05) is 0 Å². The van der Waals surface area contributed by atoms with E-state index < -0.39 is 0 Å². The number of nitrogens with two attached hydrogens (primary N) is 1. The molecule has 1 aromatic heterocycles. The lowest BCUT2D eigenvalue weighted by Crippen LogP contribution is -2.49. The summed E-state index contributed by atoms with van der Waals surface area (Å²) in [7, 11) is 0. The Morgan fingerprint density at radius 2 is 2.50 bits per heavy atom. The van der Waals surface area contributed by atoms with E-state index in [-0.39, 0.29) is 11.5 Å². The molecule has 1 heterocycles. The largest absolute Gasteiger partial charge is 0.393 e. The van der Waals surface area contributed by atoms with Gasteiger partial charge in [0.05, 0.1) is 12.3 Å². The third-order valence-electron chi connectivity index (χ3n) is 2.75. The van der Waals surface area contributed by atoms with E-state index in [2.05, 4.69) is 10.2 Å². The minimum Gasteiger partial charge on any atom is -0.393 e. The predicted molar refractivity (Wildman–Crippen MR) is 44.6 cm³/mol. The van der Waals surface area contributed by atoms with Crippen molar-refractivity contribution in [2.45, 2.75) is 24.4 Å². The Kier molecular flexibility index (Phi) is 1.66. The van der Waals surface area contributed by atoms with Crippen molar-refractivity contribution < 1.29 is 5.11 Å². The number of aromatic amines is 1. The highest BCUT2D eigenvalue weighted by molar-refractivity contribution is 5.24. The molecular weight excluding hydrogens is 154 g/mol. The van der Waals surface area contributed by atoms with Crippen LogP contribution in [-0.4, -0.2) is 28.0 Å². The zero-order valence-electron chi connectivity index (χ0n) is 6.83. The van der Waals surface area contributed by atoms with Crippen LogP contribution in [0.4, 0.5) is 0 Å². The van der Waals surface area contributed by atoms with Crippen molar-refractivity contribution >= 4 is 0 Å². The molecule has 4 nitrogen and oxygen atoms in total. The fraction of sp³-hybridized carbons (Fsp3) is 0.625. The van der Waals surface area contributed by atoms with Gasteiger partial charge in [0.25, 0.3) is 0 Å². The number of aliphatic hydroxyl groups is 1. The molecule has 1 saturated carbocycles. The normalized spacial score (nSPS) is 34.7. The summed E-state index contributed by atoms with van der Waals surface area (Å²) in [5, 5.41) is 15.9. The van der Waals surface area contributed by atoms with Crippen molar-refractivity contribution in [3.05, 3.63) is 18.0 Å². The highest BCUT2D eigenvalue weighted by Crippen LogP contribution is 2.42. The second kappa shape index (κ2) is 2.57. The first-order valence-corrected chi connectivity index (χ1v) is 4.14. The number of hydrogen-bond acceptors (Lipinski definition) is 3. The Morgan fingerprint density at radius 3 is 2.92 bits per heavy atom. The van der Waals surface area contributed by atoms with E-state index in [1.54, 1.807) is 6.20 Å². The van der Waals surface area contributed by atoms with Crippen LogP contribution in [0.3, 0.4) is 0 Å².